The van der Waals surface area contributed by atoms with E-state index in [4.69, 9.17) is 5.73 Å². The number of nitrogens with zero attached hydrogens (tertiary/aromatic N) is 2. The monoisotopic (exact) mass is 259 g/mol. The fourth-order valence-electron chi connectivity index (χ4n) is 3.64. The molecule has 2 heterocycles. The van der Waals surface area contributed by atoms with E-state index in [0.717, 1.165) is 24.3 Å². The molecule has 3 nitrogen and oxygen atoms in total. The van der Waals surface area contributed by atoms with Gasteiger partial charge in [0, 0.05) is 37.4 Å². The highest BCUT2D eigenvalue weighted by Crippen LogP contribution is 2.29. The summed E-state index contributed by atoms with van der Waals surface area (Å²) >= 11 is 0. The van der Waals surface area contributed by atoms with Crippen molar-refractivity contribution in [1.29, 1.82) is 0 Å². The predicted octanol–water partition coefficient (Wildman–Crippen LogP) is 2.25. The lowest BCUT2D eigenvalue weighted by Crippen LogP contribution is -2.36. The normalized spacial score (nSPS) is 28.5. The Kier molecular flexibility index (Phi) is 3.50. The van der Waals surface area contributed by atoms with Gasteiger partial charge in [0.15, 0.2) is 0 Å². The highest BCUT2D eigenvalue weighted by atomic mass is 15.3. The van der Waals surface area contributed by atoms with Crippen LogP contribution in [-0.2, 0) is 6.54 Å². The lowest BCUT2D eigenvalue weighted by molar-refractivity contribution is 0.215. The molecule has 1 aromatic carbocycles. The standard InChI is InChI=1S/C16H25N3/c1-12-3-6-16(17)13(9-12)10-19-8-7-14-4-5-15(11-19)18(14)2/h3,6,9,14-15H,4-5,7-8,10-11,17H2,1-2H3. The van der Waals surface area contributed by atoms with Gasteiger partial charge in [0.05, 0.1) is 0 Å². The van der Waals surface area contributed by atoms with Gasteiger partial charge in [-0.1, -0.05) is 17.7 Å². The summed E-state index contributed by atoms with van der Waals surface area (Å²) in [5, 5.41) is 0. The van der Waals surface area contributed by atoms with E-state index in [-0.39, 0.29) is 0 Å². The van der Waals surface area contributed by atoms with E-state index in [9.17, 15) is 0 Å². The number of likely N-dealkylation sites (tertiary alicyclic amines) is 1. The van der Waals surface area contributed by atoms with Gasteiger partial charge in [-0.2, -0.15) is 0 Å². The molecule has 2 unspecified atom stereocenters. The van der Waals surface area contributed by atoms with Crippen LogP contribution in [0.3, 0.4) is 0 Å². The van der Waals surface area contributed by atoms with E-state index >= 15 is 0 Å². The van der Waals surface area contributed by atoms with E-state index in [1.165, 1.54) is 43.5 Å². The van der Waals surface area contributed by atoms with Crippen LogP contribution in [0.2, 0.25) is 0 Å². The summed E-state index contributed by atoms with van der Waals surface area (Å²) in [5.41, 5.74) is 9.65. The second-order valence-electron chi connectivity index (χ2n) is 6.28. The molecule has 19 heavy (non-hydrogen) atoms. The van der Waals surface area contributed by atoms with Crippen LogP contribution in [-0.4, -0.2) is 42.0 Å². The van der Waals surface area contributed by atoms with Crippen LogP contribution in [0.15, 0.2) is 18.2 Å². The molecule has 2 N–H and O–H groups in total. The smallest absolute Gasteiger partial charge is 0.0359 e. The first-order valence-electron chi connectivity index (χ1n) is 7.43. The van der Waals surface area contributed by atoms with Crippen molar-refractivity contribution in [2.24, 2.45) is 0 Å². The highest BCUT2D eigenvalue weighted by Gasteiger charge is 2.34. The van der Waals surface area contributed by atoms with Gasteiger partial charge in [-0.3, -0.25) is 9.80 Å². The highest BCUT2D eigenvalue weighted by molar-refractivity contribution is 5.48. The number of benzene rings is 1. The number of fused-ring (bicyclic) bond motifs is 2. The molecule has 0 radical (unpaired) electrons. The topological polar surface area (TPSA) is 32.5 Å². The van der Waals surface area contributed by atoms with E-state index in [2.05, 4.69) is 35.9 Å². The molecule has 0 aliphatic carbocycles. The molecule has 0 amide bonds. The second kappa shape index (κ2) is 5.14. The third kappa shape index (κ3) is 2.63. The summed E-state index contributed by atoms with van der Waals surface area (Å²) in [4.78, 5) is 5.19. The number of hydrogen-bond acceptors (Lipinski definition) is 3. The molecule has 104 valence electrons. The lowest BCUT2D eigenvalue weighted by atomic mass is 10.1. The van der Waals surface area contributed by atoms with Crippen molar-refractivity contribution in [2.75, 3.05) is 25.9 Å². The van der Waals surface area contributed by atoms with Gasteiger partial charge in [0.2, 0.25) is 0 Å². The largest absolute Gasteiger partial charge is 0.398 e. The molecule has 0 saturated carbocycles. The van der Waals surface area contributed by atoms with Crippen LogP contribution in [0.4, 0.5) is 5.69 Å². The van der Waals surface area contributed by atoms with Crippen molar-refractivity contribution in [3.8, 4) is 0 Å². The van der Waals surface area contributed by atoms with E-state index < -0.39 is 0 Å². The number of rotatable bonds is 2. The Morgan fingerprint density at radius 2 is 2.00 bits per heavy atom. The van der Waals surface area contributed by atoms with E-state index in [1.54, 1.807) is 0 Å². The molecule has 2 saturated heterocycles. The first-order chi connectivity index (χ1) is 9.13. The first kappa shape index (κ1) is 12.9. The zero-order valence-corrected chi connectivity index (χ0v) is 12.1. The Hall–Kier alpha value is -1.06. The summed E-state index contributed by atoms with van der Waals surface area (Å²) < 4.78 is 0. The summed E-state index contributed by atoms with van der Waals surface area (Å²) in [6.07, 6.45) is 4.06. The van der Waals surface area contributed by atoms with Gasteiger partial charge in [0.25, 0.3) is 0 Å². The zero-order valence-electron chi connectivity index (χ0n) is 12.1. The summed E-state index contributed by atoms with van der Waals surface area (Å²) in [6.45, 7) is 5.55. The molecule has 3 rings (SSSR count). The molecule has 1 aromatic rings. The predicted molar refractivity (Wildman–Crippen MR) is 80.1 cm³/mol. The molecule has 2 aliphatic rings. The Morgan fingerprint density at radius 3 is 2.84 bits per heavy atom. The van der Waals surface area contributed by atoms with Crippen molar-refractivity contribution in [3.63, 3.8) is 0 Å². The zero-order chi connectivity index (χ0) is 13.4. The van der Waals surface area contributed by atoms with E-state index in [0.29, 0.717) is 0 Å². The van der Waals surface area contributed by atoms with Crippen LogP contribution in [0, 0.1) is 6.92 Å². The van der Waals surface area contributed by atoms with Crippen molar-refractivity contribution in [2.45, 2.75) is 44.8 Å². The molecule has 2 aliphatic heterocycles. The van der Waals surface area contributed by atoms with Crippen molar-refractivity contribution < 1.29 is 0 Å². The number of aryl methyl sites for hydroxylation is 1. The Balaban J connectivity index is 1.72. The maximum Gasteiger partial charge on any atom is 0.0359 e. The van der Waals surface area contributed by atoms with Crippen LogP contribution >= 0.6 is 0 Å². The third-order valence-electron chi connectivity index (χ3n) is 4.92. The van der Waals surface area contributed by atoms with Gasteiger partial charge in [-0.05, 0) is 44.9 Å². The molecule has 0 spiro atoms. The first-order valence-corrected chi connectivity index (χ1v) is 7.43. The quantitative estimate of drug-likeness (QED) is 0.827. The fourth-order valence-corrected chi connectivity index (χ4v) is 3.64. The summed E-state index contributed by atoms with van der Waals surface area (Å²) in [6, 6.07) is 7.93. The molecular formula is C16H25N3. The average Bonchev–Trinajstić information content (AvgIpc) is 2.62. The summed E-state index contributed by atoms with van der Waals surface area (Å²) in [7, 11) is 2.30. The third-order valence-corrected chi connectivity index (χ3v) is 4.92. The van der Waals surface area contributed by atoms with Gasteiger partial charge >= 0.3 is 0 Å². The molecule has 2 bridgehead atoms. The number of likely N-dealkylation sites (N-methyl/N-ethyl adjacent to an activating group) is 1. The van der Waals surface area contributed by atoms with Gasteiger partial charge in [-0.15, -0.1) is 0 Å². The van der Waals surface area contributed by atoms with Gasteiger partial charge < -0.3 is 5.73 Å². The van der Waals surface area contributed by atoms with Crippen LogP contribution < -0.4 is 5.73 Å². The molecular weight excluding hydrogens is 234 g/mol. The SMILES string of the molecule is Cc1ccc(N)c(CN2CCC3CCC(C2)N3C)c1. The fraction of sp³-hybridized carbons (Fsp3) is 0.625. The minimum absolute atomic E-state index is 0.749. The Labute approximate surface area is 116 Å². The number of nitrogens with two attached hydrogens (primary N) is 1. The minimum Gasteiger partial charge on any atom is -0.398 e. The van der Waals surface area contributed by atoms with Crippen LogP contribution in [0.25, 0.3) is 0 Å². The molecule has 0 aromatic heterocycles. The number of anilines is 1. The maximum atomic E-state index is 6.11. The molecule has 2 fully saturated rings. The van der Waals surface area contributed by atoms with E-state index in [1.807, 2.05) is 6.07 Å². The Bertz CT molecular complexity index is 457. The molecule has 2 atom stereocenters. The van der Waals surface area contributed by atoms with Crippen molar-refractivity contribution >= 4 is 5.69 Å². The maximum absolute atomic E-state index is 6.11. The minimum atomic E-state index is 0.749. The van der Waals surface area contributed by atoms with Crippen molar-refractivity contribution in [1.82, 2.24) is 9.80 Å². The average molecular weight is 259 g/mol. The molecule has 3 heteroatoms. The number of hydrogen-bond donors (Lipinski definition) is 1. The van der Waals surface area contributed by atoms with Crippen LogP contribution in [0.1, 0.15) is 30.4 Å². The van der Waals surface area contributed by atoms with Gasteiger partial charge in [0.1, 0.15) is 0 Å². The van der Waals surface area contributed by atoms with Crippen LogP contribution in [0.5, 0.6) is 0 Å². The van der Waals surface area contributed by atoms with Crippen molar-refractivity contribution in [3.05, 3.63) is 29.3 Å². The lowest BCUT2D eigenvalue weighted by Gasteiger charge is -2.26. The Morgan fingerprint density at radius 1 is 1.21 bits per heavy atom. The number of nitrogen functional groups attached to an aromatic ring is 1. The second-order valence-corrected chi connectivity index (χ2v) is 6.28. The summed E-state index contributed by atoms with van der Waals surface area (Å²) in [5.74, 6) is 0. The van der Waals surface area contributed by atoms with Gasteiger partial charge in [-0.25, -0.2) is 0 Å².